The maximum absolute atomic E-state index is 6.21. The van der Waals surface area contributed by atoms with Crippen LogP contribution < -0.4 is 16.2 Å². The maximum atomic E-state index is 6.21. The van der Waals surface area contributed by atoms with Crippen LogP contribution in [0.15, 0.2) is 30.3 Å². The topological polar surface area (TPSA) is 74.2 Å². The fourth-order valence-electron chi connectivity index (χ4n) is 3.59. The summed E-state index contributed by atoms with van der Waals surface area (Å²) < 4.78 is 6.21. The molecule has 1 fully saturated rings. The Morgan fingerprint density at radius 1 is 1.00 bits per heavy atom. The average Bonchev–Trinajstić information content (AvgIpc) is 2.58. The molecule has 4 heteroatoms. The lowest BCUT2D eigenvalue weighted by Crippen LogP contribution is -2.47. The van der Waals surface area contributed by atoms with Crippen LogP contribution in [0, 0.1) is 0 Å². The Labute approximate surface area is 136 Å². The first-order valence-electron chi connectivity index (χ1n) is 8.52. The van der Waals surface area contributed by atoms with Crippen molar-refractivity contribution in [2.45, 2.75) is 50.7 Å². The van der Waals surface area contributed by atoms with E-state index in [0.29, 0.717) is 5.82 Å². The summed E-state index contributed by atoms with van der Waals surface area (Å²) in [6.45, 7) is 0. The van der Waals surface area contributed by atoms with Crippen LogP contribution >= 0.6 is 0 Å². The van der Waals surface area contributed by atoms with Gasteiger partial charge in [-0.2, -0.15) is 0 Å². The lowest BCUT2D eigenvalue weighted by molar-refractivity contribution is 0.0919. The number of anilines is 1. The van der Waals surface area contributed by atoms with Crippen LogP contribution in [0.5, 0.6) is 5.75 Å². The Bertz CT molecular complexity index is 729. The molecular formula is C19H23N3O. The smallest absolute Gasteiger partial charge is 0.124 e. The first-order chi connectivity index (χ1) is 11.2. The van der Waals surface area contributed by atoms with Gasteiger partial charge in [-0.05, 0) is 73.9 Å². The number of rotatable bonds is 3. The first-order valence-corrected chi connectivity index (χ1v) is 8.52. The summed E-state index contributed by atoms with van der Waals surface area (Å²) in [5.74, 6) is 1.58. The van der Waals surface area contributed by atoms with Crippen LogP contribution in [0.3, 0.4) is 0 Å². The molecular weight excluding hydrogens is 286 g/mol. The van der Waals surface area contributed by atoms with E-state index in [9.17, 15) is 0 Å². The van der Waals surface area contributed by atoms with Gasteiger partial charge >= 0.3 is 0 Å². The molecule has 2 aromatic rings. The quantitative estimate of drug-likeness (QED) is 0.913. The molecule has 4 rings (SSSR count). The monoisotopic (exact) mass is 309 g/mol. The van der Waals surface area contributed by atoms with E-state index in [1.54, 1.807) is 0 Å². The zero-order valence-corrected chi connectivity index (χ0v) is 13.3. The second-order valence-electron chi connectivity index (χ2n) is 6.62. The molecule has 2 atom stereocenters. The average molecular weight is 309 g/mol. The second kappa shape index (κ2) is 5.85. The van der Waals surface area contributed by atoms with E-state index in [1.165, 1.54) is 29.5 Å². The van der Waals surface area contributed by atoms with Crippen LogP contribution in [0.4, 0.5) is 5.82 Å². The van der Waals surface area contributed by atoms with Gasteiger partial charge in [-0.3, -0.25) is 0 Å². The van der Waals surface area contributed by atoms with Gasteiger partial charge in [0.15, 0.2) is 0 Å². The fraction of sp³-hybridized carbons (Fsp3) is 0.421. The number of nitrogens with zero attached hydrogens (tertiary/aromatic N) is 1. The van der Waals surface area contributed by atoms with Crippen molar-refractivity contribution in [3.8, 4) is 17.0 Å². The molecule has 23 heavy (non-hydrogen) atoms. The van der Waals surface area contributed by atoms with Crippen LogP contribution in [0.2, 0.25) is 0 Å². The molecule has 120 valence electrons. The molecule has 1 aromatic heterocycles. The minimum atomic E-state index is 0.178. The van der Waals surface area contributed by atoms with Gasteiger partial charge in [0.1, 0.15) is 17.7 Å². The van der Waals surface area contributed by atoms with E-state index in [1.807, 2.05) is 18.2 Å². The SMILES string of the molecule is Nc1cccc(-c2ccc(OC3CCC3N)c3c2CCCC3)n1. The molecule has 0 saturated heterocycles. The van der Waals surface area contributed by atoms with E-state index in [4.69, 9.17) is 16.2 Å². The molecule has 0 radical (unpaired) electrons. The van der Waals surface area contributed by atoms with Crippen LogP contribution in [0.1, 0.15) is 36.8 Å². The third-order valence-electron chi connectivity index (χ3n) is 5.08. The highest BCUT2D eigenvalue weighted by molar-refractivity contribution is 5.69. The highest BCUT2D eigenvalue weighted by Gasteiger charge is 2.30. The van der Waals surface area contributed by atoms with Gasteiger partial charge in [0.2, 0.25) is 0 Å². The summed E-state index contributed by atoms with van der Waals surface area (Å²) in [6, 6.07) is 10.2. The number of fused-ring (bicyclic) bond motifs is 1. The van der Waals surface area contributed by atoms with Crippen LogP contribution in [0.25, 0.3) is 11.3 Å². The molecule has 4 N–H and O–H groups in total. The normalized spacial score (nSPS) is 23.0. The number of benzene rings is 1. The lowest BCUT2D eigenvalue weighted by atomic mass is 9.85. The Balaban J connectivity index is 1.74. The first kappa shape index (κ1) is 14.5. The van der Waals surface area contributed by atoms with E-state index < -0.39 is 0 Å². The highest BCUT2D eigenvalue weighted by Crippen LogP contribution is 2.38. The summed E-state index contributed by atoms with van der Waals surface area (Å²) in [5.41, 5.74) is 16.8. The van der Waals surface area contributed by atoms with Crippen molar-refractivity contribution < 1.29 is 4.74 Å². The molecule has 0 aliphatic heterocycles. The van der Waals surface area contributed by atoms with Gasteiger partial charge in [-0.15, -0.1) is 0 Å². The van der Waals surface area contributed by atoms with E-state index >= 15 is 0 Å². The fourth-order valence-corrected chi connectivity index (χ4v) is 3.59. The van der Waals surface area contributed by atoms with Crippen molar-refractivity contribution >= 4 is 5.82 Å². The minimum absolute atomic E-state index is 0.178. The third-order valence-corrected chi connectivity index (χ3v) is 5.08. The summed E-state index contributed by atoms with van der Waals surface area (Å²) >= 11 is 0. The number of pyridine rings is 1. The Morgan fingerprint density at radius 2 is 1.83 bits per heavy atom. The lowest BCUT2D eigenvalue weighted by Gasteiger charge is -2.35. The molecule has 2 aliphatic rings. The van der Waals surface area contributed by atoms with Crippen molar-refractivity contribution in [2.75, 3.05) is 5.73 Å². The molecule has 2 unspecified atom stereocenters. The van der Waals surface area contributed by atoms with Crippen molar-refractivity contribution in [1.29, 1.82) is 0 Å². The molecule has 0 bridgehead atoms. The zero-order valence-electron chi connectivity index (χ0n) is 13.3. The van der Waals surface area contributed by atoms with Gasteiger partial charge in [-0.1, -0.05) is 6.07 Å². The summed E-state index contributed by atoms with van der Waals surface area (Å²) in [6.07, 6.45) is 6.89. The van der Waals surface area contributed by atoms with E-state index in [0.717, 1.165) is 37.1 Å². The second-order valence-corrected chi connectivity index (χ2v) is 6.62. The van der Waals surface area contributed by atoms with Gasteiger partial charge in [0, 0.05) is 11.6 Å². The molecule has 1 heterocycles. The number of hydrogen-bond acceptors (Lipinski definition) is 4. The Morgan fingerprint density at radius 3 is 2.52 bits per heavy atom. The van der Waals surface area contributed by atoms with Crippen LogP contribution in [-0.4, -0.2) is 17.1 Å². The number of aromatic nitrogens is 1. The van der Waals surface area contributed by atoms with Gasteiger partial charge < -0.3 is 16.2 Å². The standard InChI is InChI=1S/C19H23N3O/c20-15-9-11-18(15)23-17-10-8-13(12-4-1-2-5-14(12)17)16-6-3-7-19(21)22-16/h3,6-8,10,15,18H,1-2,4-5,9,11,20H2,(H2,21,22). The number of nitrogen functional groups attached to an aromatic ring is 1. The highest BCUT2D eigenvalue weighted by atomic mass is 16.5. The van der Waals surface area contributed by atoms with E-state index in [2.05, 4.69) is 17.1 Å². The largest absolute Gasteiger partial charge is 0.489 e. The third kappa shape index (κ3) is 2.68. The number of nitrogens with two attached hydrogens (primary N) is 2. The van der Waals surface area contributed by atoms with Crippen molar-refractivity contribution in [1.82, 2.24) is 4.98 Å². The van der Waals surface area contributed by atoms with Crippen molar-refractivity contribution in [3.05, 3.63) is 41.5 Å². The predicted molar refractivity (Wildman–Crippen MR) is 92.4 cm³/mol. The molecule has 0 amide bonds. The molecule has 1 aromatic carbocycles. The van der Waals surface area contributed by atoms with Crippen LogP contribution in [-0.2, 0) is 12.8 Å². The summed E-state index contributed by atoms with van der Waals surface area (Å²) in [4.78, 5) is 4.50. The zero-order chi connectivity index (χ0) is 15.8. The van der Waals surface area contributed by atoms with Crippen molar-refractivity contribution in [2.24, 2.45) is 5.73 Å². The molecule has 2 aliphatic carbocycles. The van der Waals surface area contributed by atoms with Gasteiger partial charge in [-0.25, -0.2) is 4.98 Å². The number of ether oxygens (including phenoxy) is 1. The Hall–Kier alpha value is -2.07. The van der Waals surface area contributed by atoms with Crippen molar-refractivity contribution in [3.63, 3.8) is 0 Å². The maximum Gasteiger partial charge on any atom is 0.124 e. The van der Waals surface area contributed by atoms with Gasteiger partial charge in [0.05, 0.1) is 5.69 Å². The molecule has 4 nitrogen and oxygen atoms in total. The van der Waals surface area contributed by atoms with Gasteiger partial charge in [0.25, 0.3) is 0 Å². The predicted octanol–water partition coefficient (Wildman–Crippen LogP) is 3.08. The Kier molecular flexibility index (Phi) is 3.69. The molecule has 0 spiro atoms. The molecule has 1 saturated carbocycles. The number of hydrogen-bond donors (Lipinski definition) is 2. The summed E-state index contributed by atoms with van der Waals surface area (Å²) in [7, 11) is 0. The minimum Gasteiger partial charge on any atom is -0.489 e. The summed E-state index contributed by atoms with van der Waals surface area (Å²) in [5, 5.41) is 0. The van der Waals surface area contributed by atoms with E-state index in [-0.39, 0.29) is 12.1 Å².